The van der Waals surface area contributed by atoms with Crippen molar-refractivity contribution in [1.29, 1.82) is 10.7 Å². The molecule has 0 aromatic heterocycles. The Morgan fingerprint density at radius 1 is 1.23 bits per heavy atom. The number of carbonyl (C=O) groups is 1. The molecule has 0 radical (unpaired) electrons. The topological polar surface area (TPSA) is 95.2 Å². The zero-order chi connectivity index (χ0) is 18.7. The summed E-state index contributed by atoms with van der Waals surface area (Å²) in [4.78, 5) is 12.1. The number of thioether (sulfide) groups is 1. The summed E-state index contributed by atoms with van der Waals surface area (Å²) in [6, 6.07) is 11.9. The van der Waals surface area contributed by atoms with Gasteiger partial charge in [0.25, 0.3) is 5.91 Å². The van der Waals surface area contributed by atoms with Crippen molar-refractivity contribution in [3.8, 4) is 23.3 Å². The molecule has 0 aliphatic carbocycles. The fraction of sp³-hybridized carbons (Fsp3) is 0.0556. The lowest BCUT2D eigenvalue weighted by atomic mass is 10.2. The molecular formula is C18H12ClN3O3S. The van der Waals surface area contributed by atoms with Gasteiger partial charge in [0.05, 0.1) is 28.7 Å². The van der Waals surface area contributed by atoms with Gasteiger partial charge in [-0.3, -0.25) is 10.2 Å². The highest BCUT2D eigenvalue weighted by Gasteiger charge is 2.22. The minimum Gasteiger partial charge on any atom is -0.493 e. The predicted octanol–water partition coefficient (Wildman–Crippen LogP) is 4.15. The number of hydrogen-bond acceptors (Lipinski definition) is 6. The van der Waals surface area contributed by atoms with Gasteiger partial charge in [-0.1, -0.05) is 17.7 Å². The molecule has 0 spiro atoms. The molecule has 1 saturated heterocycles. The van der Waals surface area contributed by atoms with Crippen molar-refractivity contribution in [3.63, 3.8) is 0 Å². The first-order valence-electron chi connectivity index (χ1n) is 7.35. The number of nitrogens with one attached hydrogen (secondary N) is 2. The third kappa shape index (κ3) is 3.82. The Kier molecular flexibility index (Phi) is 5.16. The maximum absolute atomic E-state index is 11.7. The molecule has 1 aliphatic heterocycles. The van der Waals surface area contributed by atoms with Crippen molar-refractivity contribution < 1.29 is 14.3 Å². The van der Waals surface area contributed by atoms with E-state index in [1.807, 2.05) is 6.07 Å². The van der Waals surface area contributed by atoms with Crippen LogP contribution in [0.25, 0.3) is 6.08 Å². The van der Waals surface area contributed by atoms with Crippen LogP contribution >= 0.6 is 23.4 Å². The number of nitriles is 1. The minimum atomic E-state index is -0.302. The highest BCUT2D eigenvalue weighted by molar-refractivity contribution is 8.18. The predicted molar refractivity (Wildman–Crippen MR) is 101 cm³/mol. The molecule has 8 heteroatoms. The van der Waals surface area contributed by atoms with Crippen LogP contribution in [0.1, 0.15) is 11.1 Å². The number of benzene rings is 2. The highest BCUT2D eigenvalue weighted by atomic mass is 35.5. The lowest BCUT2D eigenvalue weighted by Crippen LogP contribution is -2.18. The van der Waals surface area contributed by atoms with Gasteiger partial charge in [-0.2, -0.15) is 5.26 Å². The Hall–Kier alpha value is -2.95. The number of carbonyl (C=O) groups excluding carboxylic acids is 1. The lowest BCUT2D eigenvalue weighted by Gasteiger charge is -2.12. The van der Waals surface area contributed by atoms with E-state index >= 15 is 0 Å². The van der Waals surface area contributed by atoms with Crippen LogP contribution in [0.15, 0.2) is 41.3 Å². The van der Waals surface area contributed by atoms with E-state index in [9.17, 15) is 4.79 Å². The average molecular weight is 386 g/mol. The van der Waals surface area contributed by atoms with Gasteiger partial charge >= 0.3 is 0 Å². The second-order valence-corrected chi connectivity index (χ2v) is 6.62. The molecule has 1 aliphatic rings. The van der Waals surface area contributed by atoms with Crippen molar-refractivity contribution in [2.24, 2.45) is 0 Å². The third-order valence-electron chi connectivity index (χ3n) is 3.43. The average Bonchev–Trinajstić information content (AvgIpc) is 2.94. The molecule has 0 unspecified atom stereocenters. The van der Waals surface area contributed by atoms with Crippen LogP contribution in [-0.4, -0.2) is 18.2 Å². The Morgan fingerprint density at radius 2 is 2.00 bits per heavy atom. The maximum atomic E-state index is 11.7. The van der Waals surface area contributed by atoms with E-state index in [-0.39, 0.29) is 11.1 Å². The quantitative estimate of drug-likeness (QED) is 0.771. The first kappa shape index (κ1) is 17.9. The summed E-state index contributed by atoms with van der Waals surface area (Å²) >= 11 is 7.20. The van der Waals surface area contributed by atoms with Crippen LogP contribution in [0.2, 0.25) is 5.02 Å². The Labute approximate surface area is 158 Å². The van der Waals surface area contributed by atoms with Crippen LogP contribution in [0.5, 0.6) is 17.2 Å². The van der Waals surface area contributed by atoms with Crippen LogP contribution in [0, 0.1) is 16.7 Å². The molecule has 2 aromatic rings. The van der Waals surface area contributed by atoms with Crippen molar-refractivity contribution in [2.75, 3.05) is 7.11 Å². The zero-order valence-electron chi connectivity index (χ0n) is 13.5. The Bertz CT molecular complexity index is 982. The van der Waals surface area contributed by atoms with Gasteiger partial charge in [-0.05, 0) is 53.7 Å². The highest BCUT2D eigenvalue weighted by Crippen LogP contribution is 2.37. The summed E-state index contributed by atoms with van der Waals surface area (Å²) in [5, 5.41) is 19.2. The minimum absolute atomic E-state index is 0.101. The Morgan fingerprint density at radius 3 is 2.62 bits per heavy atom. The molecule has 0 saturated carbocycles. The van der Waals surface area contributed by atoms with Crippen molar-refractivity contribution in [3.05, 3.63) is 57.5 Å². The molecule has 3 rings (SSSR count). The summed E-state index contributed by atoms with van der Waals surface area (Å²) in [7, 11) is 1.51. The smallest absolute Gasteiger partial charge is 0.264 e. The van der Waals surface area contributed by atoms with E-state index < -0.39 is 0 Å². The van der Waals surface area contributed by atoms with E-state index in [0.29, 0.717) is 32.7 Å². The summed E-state index contributed by atoms with van der Waals surface area (Å²) in [6.45, 7) is 0. The molecule has 0 bridgehead atoms. The van der Waals surface area contributed by atoms with Crippen molar-refractivity contribution in [2.45, 2.75) is 0 Å². The fourth-order valence-electron chi connectivity index (χ4n) is 2.22. The van der Waals surface area contributed by atoms with Crippen LogP contribution in [-0.2, 0) is 4.79 Å². The van der Waals surface area contributed by atoms with Crippen molar-refractivity contribution in [1.82, 2.24) is 5.32 Å². The van der Waals surface area contributed by atoms with E-state index in [1.54, 1.807) is 36.4 Å². The fourth-order valence-corrected chi connectivity index (χ4v) is 3.14. The van der Waals surface area contributed by atoms with Gasteiger partial charge in [0.15, 0.2) is 16.7 Å². The number of amidine groups is 1. The third-order valence-corrected chi connectivity index (χ3v) is 4.55. The summed E-state index contributed by atoms with van der Waals surface area (Å²) in [5.41, 5.74) is 1.17. The number of ether oxygens (including phenoxy) is 2. The number of amides is 1. The first-order chi connectivity index (χ1) is 12.5. The zero-order valence-corrected chi connectivity index (χ0v) is 15.1. The SMILES string of the molecule is COc1cc(/C=C2/SC(=N)NC2=O)ccc1Oc1ccc(C#N)cc1Cl. The molecule has 6 nitrogen and oxygen atoms in total. The van der Waals surface area contributed by atoms with Crippen LogP contribution in [0.3, 0.4) is 0 Å². The Balaban J connectivity index is 1.88. The molecule has 1 fully saturated rings. The molecular weight excluding hydrogens is 374 g/mol. The second-order valence-electron chi connectivity index (χ2n) is 5.16. The normalized spacial score (nSPS) is 14.9. The molecule has 2 aromatic carbocycles. The van der Waals surface area contributed by atoms with Gasteiger partial charge in [-0.15, -0.1) is 0 Å². The number of nitrogens with zero attached hydrogens (tertiary/aromatic N) is 1. The van der Waals surface area contributed by atoms with Gasteiger partial charge in [-0.25, -0.2) is 0 Å². The standard InChI is InChI=1S/C18H12ClN3O3S/c1-24-15-7-10(8-16-17(23)22-18(21)26-16)2-5-14(15)25-13-4-3-11(9-20)6-12(13)19/h2-8H,1H3,(H2,21,22,23)/b16-8+. The first-order valence-corrected chi connectivity index (χ1v) is 8.54. The number of methoxy groups -OCH3 is 1. The lowest BCUT2D eigenvalue weighted by molar-refractivity contribution is -0.115. The maximum Gasteiger partial charge on any atom is 0.264 e. The molecule has 26 heavy (non-hydrogen) atoms. The van der Waals surface area contributed by atoms with Crippen LogP contribution in [0.4, 0.5) is 0 Å². The summed E-state index contributed by atoms with van der Waals surface area (Å²) in [6.07, 6.45) is 1.67. The van der Waals surface area contributed by atoms with Crippen LogP contribution < -0.4 is 14.8 Å². The van der Waals surface area contributed by atoms with Gasteiger partial charge in [0, 0.05) is 0 Å². The van der Waals surface area contributed by atoms with E-state index in [4.69, 9.17) is 31.7 Å². The molecule has 130 valence electrons. The van der Waals surface area contributed by atoms with E-state index in [2.05, 4.69) is 5.32 Å². The molecule has 0 atom stereocenters. The van der Waals surface area contributed by atoms with E-state index in [0.717, 1.165) is 17.3 Å². The summed E-state index contributed by atoms with van der Waals surface area (Å²) < 4.78 is 11.1. The number of rotatable bonds is 4. The molecule has 2 N–H and O–H groups in total. The monoisotopic (exact) mass is 385 g/mol. The molecule has 1 amide bonds. The summed E-state index contributed by atoms with van der Waals surface area (Å²) in [5.74, 6) is 0.994. The van der Waals surface area contributed by atoms with E-state index in [1.165, 1.54) is 13.2 Å². The van der Waals surface area contributed by atoms with Gasteiger partial charge in [0.2, 0.25) is 0 Å². The largest absolute Gasteiger partial charge is 0.493 e. The van der Waals surface area contributed by atoms with Gasteiger partial charge < -0.3 is 14.8 Å². The number of halogens is 1. The van der Waals surface area contributed by atoms with Crippen molar-refractivity contribution >= 4 is 40.5 Å². The molecule has 1 heterocycles. The number of hydrogen-bond donors (Lipinski definition) is 2. The van der Waals surface area contributed by atoms with Gasteiger partial charge in [0.1, 0.15) is 5.75 Å². The second kappa shape index (κ2) is 7.52.